The number of halogens is 1. The van der Waals surface area contributed by atoms with Gasteiger partial charge in [0.1, 0.15) is 11.8 Å². The lowest BCUT2D eigenvalue weighted by Gasteiger charge is -2.42. The van der Waals surface area contributed by atoms with Crippen LogP contribution in [-0.2, 0) is 24.2 Å². The van der Waals surface area contributed by atoms with Crippen LogP contribution in [0.1, 0.15) is 47.2 Å². The third-order valence-electron chi connectivity index (χ3n) is 6.77. The molecule has 160 valence electrons. The van der Waals surface area contributed by atoms with Crippen LogP contribution < -0.4 is 20.9 Å². The van der Waals surface area contributed by atoms with Crippen molar-refractivity contribution in [1.82, 2.24) is 15.2 Å². The van der Waals surface area contributed by atoms with Gasteiger partial charge in [0, 0.05) is 48.8 Å². The molecule has 0 saturated carbocycles. The van der Waals surface area contributed by atoms with Crippen LogP contribution in [0.25, 0.3) is 0 Å². The lowest BCUT2D eigenvalue weighted by atomic mass is 9.79. The number of hydrogen-bond donors (Lipinski definition) is 2. The number of piperidine rings is 1. The lowest BCUT2D eigenvalue weighted by molar-refractivity contribution is -0.127. The zero-order valence-corrected chi connectivity index (χ0v) is 18.0. The molecule has 1 aromatic carbocycles. The van der Waals surface area contributed by atoms with Crippen molar-refractivity contribution in [2.24, 2.45) is 5.92 Å². The van der Waals surface area contributed by atoms with Gasteiger partial charge in [0.15, 0.2) is 0 Å². The van der Waals surface area contributed by atoms with E-state index in [9.17, 15) is 9.59 Å². The fourth-order valence-electron chi connectivity index (χ4n) is 5.40. The summed E-state index contributed by atoms with van der Waals surface area (Å²) in [4.78, 5) is 25.9. The van der Waals surface area contributed by atoms with Gasteiger partial charge in [0.2, 0.25) is 5.91 Å². The molecule has 1 fully saturated rings. The number of carbonyl (C=O) groups excluding carboxylic acids is 1. The maximum atomic E-state index is 13.3. The summed E-state index contributed by atoms with van der Waals surface area (Å²) in [6, 6.07) is 9.15. The predicted octanol–water partition coefficient (Wildman–Crippen LogP) is 2.33. The van der Waals surface area contributed by atoms with Crippen molar-refractivity contribution in [2.75, 3.05) is 20.2 Å². The molecule has 3 heterocycles. The summed E-state index contributed by atoms with van der Waals surface area (Å²) in [6.45, 7) is 2.03. The van der Waals surface area contributed by atoms with Crippen molar-refractivity contribution >= 4 is 18.3 Å². The van der Waals surface area contributed by atoms with Gasteiger partial charge in [-0.05, 0) is 48.9 Å². The normalized spacial score (nSPS) is 23.7. The Morgan fingerprint density at radius 1 is 1.23 bits per heavy atom. The number of nitrogens with one attached hydrogen (secondary N) is 2. The van der Waals surface area contributed by atoms with E-state index in [-0.39, 0.29) is 29.8 Å². The Morgan fingerprint density at radius 2 is 2.03 bits per heavy atom. The van der Waals surface area contributed by atoms with E-state index in [2.05, 4.69) is 22.8 Å². The van der Waals surface area contributed by atoms with Gasteiger partial charge < -0.3 is 15.4 Å². The van der Waals surface area contributed by atoms with Crippen molar-refractivity contribution in [3.8, 4) is 5.75 Å². The zero-order valence-electron chi connectivity index (χ0n) is 17.1. The topological polar surface area (TPSA) is 72.4 Å². The molecule has 1 aromatic heterocycles. The van der Waals surface area contributed by atoms with E-state index < -0.39 is 6.04 Å². The first kappa shape index (κ1) is 20.9. The molecule has 0 radical (unpaired) electrons. The number of rotatable bonds is 4. The SMILES string of the molecule is COc1cc2c(cc1CNC(=O)[C@H]1[C@@H]3CNC[C@@H](C3)c3cccc(=O)n31)CCC2.Cl. The first-order valence-corrected chi connectivity index (χ1v) is 10.5. The summed E-state index contributed by atoms with van der Waals surface area (Å²) < 4.78 is 7.30. The fourth-order valence-corrected chi connectivity index (χ4v) is 5.40. The molecule has 2 bridgehead atoms. The Kier molecular flexibility index (Phi) is 5.89. The van der Waals surface area contributed by atoms with Gasteiger partial charge in [-0.2, -0.15) is 0 Å². The van der Waals surface area contributed by atoms with Gasteiger partial charge in [-0.3, -0.25) is 14.2 Å². The van der Waals surface area contributed by atoms with Crippen molar-refractivity contribution in [3.05, 3.63) is 63.1 Å². The first-order valence-electron chi connectivity index (χ1n) is 10.5. The van der Waals surface area contributed by atoms with Crippen LogP contribution in [0.5, 0.6) is 5.75 Å². The van der Waals surface area contributed by atoms with E-state index in [0.717, 1.165) is 49.4 Å². The molecular formula is C23H28ClN3O3. The summed E-state index contributed by atoms with van der Waals surface area (Å²) in [5.74, 6) is 1.16. The van der Waals surface area contributed by atoms with Crippen LogP contribution in [0.4, 0.5) is 0 Å². The maximum Gasteiger partial charge on any atom is 0.251 e. The average Bonchev–Trinajstić information content (AvgIpc) is 3.20. The minimum Gasteiger partial charge on any atom is -0.496 e. The number of aromatic nitrogens is 1. The number of benzene rings is 1. The number of hydrogen-bond acceptors (Lipinski definition) is 4. The highest BCUT2D eigenvalue weighted by atomic mass is 35.5. The third-order valence-corrected chi connectivity index (χ3v) is 6.77. The fraction of sp³-hybridized carbons (Fsp3) is 0.478. The molecule has 2 aliphatic heterocycles. The Hall–Kier alpha value is -2.31. The van der Waals surface area contributed by atoms with Crippen LogP contribution >= 0.6 is 12.4 Å². The zero-order chi connectivity index (χ0) is 20.0. The highest BCUT2D eigenvalue weighted by Crippen LogP contribution is 2.38. The standard InChI is InChI=1S/C23H27N3O3.ClH/c1-29-20-10-15-5-2-4-14(15)8-17(20)13-25-23(28)22-18-9-16(11-24-12-18)19-6-3-7-21(27)26(19)22;/h3,6-8,10,16,18,22,24H,2,4-5,9,11-13H2,1H3,(H,25,28);1H/t16-,18+,22-;/m1./s1. The van der Waals surface area contributed by atoms with Crippen LogP contribution in [0.2, 0.25) is 0 Å². The Bertz CT molecular complexity index is 1020. The Balaban J connectivity index is 0.00000218. The second kappa shape index (κ2) is 8.44. The number of ether oxygens (including phenoxy) is 1. The van der Waals surface area contributed by atoms with Crippen molar-refractivity contribution < 1.29 is 9.53 Å². The molecule has 3 aliphatic rings. The molecule has 30 heavy (non-hydrogen) atoms. The number of carbonyl (C=O) groups is 1. The maximum absolute atomic E-state index is 13.3. The summed E-state index contributed by atoms with van der Waals surface area (Å²) >= 11 is 0. The number of fused-ring (bicyclic) bond motifs is 5. The minimum atomic E-state index is -0.469. The Labute approximate surface area is 182 Å². The predicted molar refractivity (Wildman–Crippen MR) is 118 cm³/mol. The smallest absolute Gasteiger partial charge is 0.251 e. The molecule has 2 N–H and O–H groups in total. The largest absolute Gasteiger partial charge is 0.496 e. The first-order chi connectivity index (χ1) is 14.2. The Morgan fingerprint density at radius 3 is 2.83 bits per heavy atom. The highest BCUT2D eigenvalue weighted by Gasteiger charge is 2.41. The highest BCUT2D eigenvalue weighted by molar-refractivity contribution is 5.85. The molecular weight excluding hydrogens is 402 g/mol. The molecule has 2 aromatic rings. The average molecular weight is 430 g/mol. The van der Waals surface area contributed by atoms with Crippen LogP contribution in [0, 0.1) is 5.92 Å². The van der Waals surface area contributed by atoms with Gasteiger partial charge in [-0.25, -0.2) is 0 Å². The third kappa shape index (κ3) is 3.52. The van der Waals surface area contributed by atoms with Crippen molar-refractivity contribution in [3.63, 3.8) is 0 Å². The molecule has 5 rings (SSSR count). The molecule has 1 amide bonds. The molecule has 1 saturated heterocycles. The van der Waals surface area contributed by atoms with E-state index in [4.69, 9.17) is 4.74 Å². The number of aryl methyl sites for hydroxylation is 2. The van der Waals surface area contributed by atoms with E-state index in [1.54, 1.807) is 23.8 Å². The van der Waals surface area contributed by atoms with Crippen LogP contribution in [-0.4, -0.2) is 30.7 Å². The quantitative estimate of drug-likeness (QED) is 0.782. The number of nitrogens with zero attached hydrogens (tertiary/aromatic N) is 1. The second-order valence-corrected chi connectivity index (χ2v) is 8.46. The van der Waals surface area contributed by atoms with E-state index in [0.29, 0.717) is 12.5 Å². The van der Waals surface area contributed by atoms with Crippen LogP contribution in [0.3, 0.4) is 0 Å². The van der Waals surface area contributed by atoms with Gasteiger partial charge in [-0.15, -0.1) is 12.4 Å². The summed E-state index contributed by atoms with van der Waals surface area (Å²) in [7, 11) is 1.67. The molecule has 7 heteroatoms. The number of pyridine rings is 1. The van der Waals surface area contributed by atoms with E-state index in [1.165, 1.54) is 17.5 Å². The molecule has 6 nitrogen and oxygen atoms in total. The lowest BCUT2D eigenvalue weighted by Crippen LogP contribution is -2.52. The van der Waals surface area contributed by atoms with E-state index in [1.807, 2.05) is 6.07 Å². The monoisotopic (exact) mass is 429 g/mol. The van der Waals surface area contributed by atoms with Crippen molar-refractivity contribution in [2.45, 2.75) is 44.2 Å². The molecule has 0 unspecified atom stereocenters. The molecule has 1 aliphatic carbocycles. The van der Waals surface area contributed by atoms with E-state index >= 15 is 0 Å². The number of amides is 1. The van der Waals surface area contributed by atoms with Crippen LogP contribution in [0.15, 0.2) is 35.1 Å². The van der Waals surface area contributed by atoms with Gasteiger partial charge >= 0.3 is 0 Å². The summed E-state index contributed by atoms with van der Waals surface area (Å²) in [6.07, 6.45) is 4.29. The number of methoxy groups -OCH3 is 1. The molecule has 0 spiro atoms. The van der Waals surface area contributed by atoms with Crippen molar-refractivity contribution in [1.29, 1.82) is 0 Å². The molecule has 3 atom stereocenters. The van der Waals surface area contributed by atoms with Gasteiger partial charge in [-0.1, -0.05) is 12.1 Å². The van der Waals surface area contributed by atoms with Gasteiger partial charge in [0.25, 0.3) is 5.56 Å². The minimum absolute atomic E-state index is 0. The second-order valence-electron chi connectivity index (χ2n) is 8.46. The van der Waals surface area contributed by atoms with Gasteiger partial charge in [0.05, 0.1) is 7.11 Å². The summed E-state index contributed by atoms with van der Waals surface area (Å²) in [5, 5.41) is 6.54. The summed E-state index contributed by atoms with van der Waals surface area (Å²) in [5.41, 5.74) is 4.58.